The summed E-state index contributed by atoms with van der Waals surface area (Å²) in [7, 11) is 0. The lowest BCUT2D eigenvalue weighted by Gasteiger charge is -2.31. The monoisotopic (exact) mass is 507 g/mol. The summed E-state index contributed by atoms with van der Waals surface area (Å²) >= 11 is 1.05. The van der Waals surface area contributed by atoms with Crippen molar-refractivity contribution in [3.05, 3.63) is 70.6 Å². The van der Waals surface area contributed by atoms with Crippen molar-refractivity contribution >= 4 is 34.7 Å². The first kappa shape index (κ1) is 25.4. The normalized spacial score (nSPS) is 14.7. The Morgan fingerprint density at radius 1 is 1.03 bits per heavy atom. The highest BCUT2D eigenvalue weighted by atomic mass is 32.1. The zero-order valence-corrected chi connectivity index (χ0v) is 20.8. The number of ketones is 1. The molecular weight excluding hydrogens is 478 g/mol. The standard InChI is InChI=1S/C28H29NO6S/c1-17-25(35-16-22(30)31)27(28(33)34)36-26(17)20-13-8-14-21(15-20)29-23(18-9-4-2-5-10-18)24(32)19-11-6-3-7-12-19/h3,6-8,11-15,18,23,29H,2,4-5,9-10,16H2,1H3,(H,30,31)(H,33,34). The molecule has 1 aliphatic rings. The van der Waals surface area contributed by atoms with Crippen molar-refractivity contribution in [1.82, 2.24) is 0 Å². The highest BCUT2D eigenvalue weighted by molar-refractivity contribution is 7.18. The quantitative estimate of drug-likeness (QED) is 0.283. The predicted molar refractivity (Wildman–Crippen MR) is 139 cm³/mol. The molecular formula is C28H29NO6S. The topological polar surface area (TPSA) is 113 Å². The molecule has 7 nitrogen and oxygen atoms in total. The molecule has 0 saturated heterocycles. The lowest BCUT2D eigenvalue weighted by atomic mass is 9.81. The maximum atomic E-state index is 13.5. The van der Waals surface area contributed by atoms with Crippen molar-refractivity contribution in [2.45, 2.75) is 45.1 Å². The van der Waals surface area contributed by atoms with Crippen LogP contribution in [0.15, 0.2) is 54.6 Å². The van der Waals surface area contributed by atoms with Crippen molar-refractivity contribution in [3.8, 4) is 16.2 Å². The molecule has 2 aromatic carbocycles. The highest BCUT2D eigenvalue weighted by Gasteiger charge is 2.30. The van der Waals surface area contributed by atoms with Crippen molar-refractivity contribution in [2.24, 2.45) is 5.92 Å². The molecule has 1 atom stereocenters. The molecule has 0 spiro atoms. The Bertz CT molecular complexity index is 1250. The number of Topliss-reactive ketones (excluding diaryl/α,β-unsaturated/α-hetero) is 1. The minimum Gasteiger partial charge on any atom is -0.480 e. The van der Waals surface area contributed by atoms with Crippen molar-refractivity contribution in [3.63, 3.8) is 0 Å². The number of carbonyl (C=O) groups is 3. The second-order valence-corrected chi connectivity index (χ2v) is 10.1. The van der Waals surface area contributed by atoms with Crippen LogP contribution in [0, 0.1) is 12.8 Å². The Kier molecular flexibility index (Phi) is 8.05. The van der Waals surface area contributed by atoms with Gasteiger partial charge >= 0.3 is 11.9 Å². The maximum absolute atomic E-state index is 13.5. The van der Waals surface area contributed by atoms with Gasteiger partial charge in [-0.2, -0.15) is 0 Å². The smallest absolute Gasteiger partial charge is 0.349 e. The summed E-state index contributed by atoms with van der Waals surface area (Å²) < 4.78 is 5.32. The molecule has 0 bridgehead atoms. The molecule has 0 radical (unpaired) electrons. The third-order valence-electron chi connectivity index (χ3n) is 6.53. The van der Waals surface area contributed by atoms with Gasteiger partial charge in [0.05, 0.1) is 6.04 Å². The van der Waals surface area contributed by atoms with Crippen LogP contribution in [0.5, 0.6) is 5.75 Å². The first-order valence-electron chi connectivity index (χ1n) is 12.0. The first-order valence-corrected chi connectivity index (χ1v) is 12.8. The van der Waals surface area contributed by atoms with Crippen LogP contribution in [0.25, 0.3) is 10.4 Å². The van der Waals surface area contributed by atoms with Crippen LogP contribution in [0.1, 0.15) is 57.7 Å². The number of nitrogens with one attached hydrogen (secondary N) is 1. The van der Waals surface area contributed by atoms with Gasteiger partial charge in [-0.3, -0.25) is 4.79 Å². The Morgan fingerprint density at radius 3 is 2.42 bits per heavy atom. The third kappa shape index (κ3) is 5.76. The van der Waals surface area contributed by atoms with E-state index in [0.717, 1.165) is 48.3 Å². The van der Waals surface area contributed by atoms with Crippen LogP contribution in [0.2, 0.25) is 0 Å². The average Bonchev–Trinajstić information content (AvgIpc) is 3.23. The molecule has 4 rings (SSSR count). The summed E-state index contributed by atoms with van der Waals surface area (Å²) in [5.74, 6) is -1.98. The lowest BCUT2D eigenvalue weighted by Crippen LogP contribution is -2.38. The van der Waals surface area contributed by atoms with Crippen molar-refractivity contribution in [1.29, 1.82) is 0 Å². The molecule has 0 aliphatic heterocycles. The van der Waals surface area contributed by atoms with E-state index in [9.17, 15) is 19.5 Å². The first-order chi connectivity index (χ1) is 17.3. The summed E-state index contributed by atoms with van der Waals surface area (Å²) in [5, 5.41) is 22.1. The van der Waals surface area contributed by atoms with Gasteiger partial charge in [-0.25, -0.2) is 9.59 Å². The molecule has 3 N–H and O–H groups in total. The van der Waals surface area contributed by atoms with Gasteiger partial charge in [0.2, 0.25) is 0 Å². The number of hydrogen-bond acceptors (Lipinski definition) is 6. The van der Waals surface area contributed by atoms with Gasteiger partial charge in [0.25, 0.3) is 0 Å². The van der Waals surface area contributed by atoms with Gasteiger partial charge in [0, 0.05) is 21.7 Å². The van der Waals surface area contributed by atoms with E-state index in [1.54, 1.807) is 6.92 Å². The number of hydrogen-bond donors (Lipinski definition) is 3. The number of benzene rings is 2. The van der Waals surface area contributed by atoms with Gasteiger partial charge < -0.3 is 20.3 Å². The van der Waals surface area contributed by atoms with Gasteiger partial charge in [-0.15, -0.1) is 11.3 Å². The summed E-state index contributed by atoms with van der Waals surface area (Å²) in [6.07, 6.45) is 5.39. The second kappa shape index (κ2) is 11.4. The van der Waals surface area contributed by atoms with Crippen LogP contribution < -0.4 is 10.1 Å². The number of thiophene rings is 1. The number of carbonyl (C=O) groups excluding carboxylic acids is 1. The minimum atomic E-state index is -1.18. The van der Waals surface area contributed by atoms with Crippen LogP contribution >= 0.6 is 11.3 Å². The molecule has 1 aliphatic carbocycles. The minimum absolute atomic E-state index is 0.0403. The SMILES string of the molecule is Cc1c(-c2cccc(NC(C(=O)c3ccccc3)C3CCCCC3)c2)sc(C(=O)O)c1OCC(=O)O. The second-order valence-electron chi connectivity index (χ2n) is 9.03. The Hall–Kier alpha value is -3.65. The largest absolute Gasteiger partial charge is 0.480 e. The molecule has 1 unspecified atom stereocenters. The van der Waals surface area contributed by atoms with Gasteiger partial charge in [0.15, 0.2) is 17.3 Å². The number of aromatic carboxylic acids is 1. The van der Waals surface area contributed by atoms with Gasteiger partial charge in [-0.05, 0) is 43.4 Å². The zero-order chi connectivity index (χ0) is 25.7. The Labute approximate surface area is 213 Å². The number of aliphatic carboxylic acids is 1. The summed E-state index contributed by atoms with van der Waals surface area (Å²) in [5.41, 5.74) is 2.78. The number of rotatable bonds is 10. The molecule has 1 fully saturated rings. The molecule has 1 heterocycles. The third-order valence-corrected chi connectivity index (χ3v) is 7.84. The van der Waals surface area contributed by atoms with Crippen LogP contribution in [0.4, 0.5) is 5.69 Å². The van der Waals surface area contributed by atoms with Gasteiger partial charge in [-0.1, -0.05) is 61.7 Å². The Balaban J connectivity index is 1.65. The number of ether oxygens (including phenoxy) is 1. The molecule has 1 saturated carbocycles. The van der Waals surface area contributed by atoms with Crippen LogP contribution in [0.3, 0.4) is 0 Å². The van der Waals surface area contributed by atoms with E-state index in [1.165, 1.54) is 6.42 Å². The average molecular weight is 508 g/mol. The zero-order valence-electron chi connectivity index (χ0n) is 20.0. The fraction of sp³-hybridized carbons (Fsp3) is 0.321. The molecule has 8 heteroatoms. The maximum Gasteiger partial charge on any atom is 0.349 e. The summed E-state index contributed by atoms with van der Waals surface area (Å²) in [6, 6.07) is 16.5. The fourth-order valence-corrected chi connectivity index (χ4v) is 5.89. The number of anilines is 1. The predicted octanol–water partition coefficient (Wildman–Crippen LogP) is 6.13. The van der Waals surface area contributed by atoms with E-state index in [2.05, 4.69) is 5.32 Å². The number of carboxylic acids is 2. The highest BCUT2D eigenvalue weighted by Crippen LogP contribution is 2.42. The fourth-order valence-electron chi connectivity index (χ4n) is 4.80. The summed E-state index contributed by atoms with van der Waals surface area (Å²) in [6.45, 7) is 1.10. The van der Waals surface area contributed by atoms with E-state index in [-0.39, 0.29) is 28.4 Å². The lowest BCUT2D eigenvalue weighted by molar-refractivity contribution is -0.139. The molecule has 0 amide bonds. The molecule has 188 valence electrons. The van der Waals surface area contributed by atoms with Crippen molar-refractivity contribution < 1.29 is 29.3 Å². The molecule has 36 heavy (non-hydrogen) atoms. The van der Waals surface area contributed by atoms with E-state index in [0.29, 0.717) is 16.0 Å². The summed E-state index contributed by atoms with van der Waals surface area (Å²) in [4.78, 5) is 36.9. The van der Waals surface area contributed by atoms with Crippen LogP contribution in [-0.2, 0) is 4.79 Å². The van der Waals surface area contributed by atoms with E-state index in [4.69, 9.17) is 9.84 Å². The number of carboxylic acid groups (broad SMARTS) is 2. The molecule has 3 aromatic rings. The van der Waals surface area contributed by atoms with E-state index >= 15 is 0 Å². The van der Waals surface area contributed by atoms with E-state index < -0.39 is 18.5 Å². The van der Waals surface area contributed by atoms with Gasteiger partial charge in [0.1, 0.15) is 5.75 Å². The Morgan fingerprint density at radius 2 is 1.75 bits per heavy atom. The van der Waals surface area contributed by atoms with E-state index in [1.807, 2.05) is 54.6 Å². The van der Waals surface area contributed by atoms with Crippen molar-refractivity contribution in [2.75, 3.05) is 11.9 Å². The molecule has 1 aromatic heterocycles. The van der Waals surface area contributed by atoms with Crippen LogP contribution in [-0.4, -0.2) is 40.6 Å².